The van der Waals surface area contributed by atoms with Gasteiger partial charge in [-0.05, 0) is 38.5 Å². The molecule has 0 spiro atoms. The molecule has 106 valence electrons. The van der Waals surface area contributed by atoms with E-state index in [0.717, 1.165) is 0 Å². The molecule has 0 saturated heterocycles. The van der Waals surface area contributed by atoms with E-state index in [4.69, 9.17) is 15.2 Å². The minimum absolute atomic E-state index is 0.0497. The Kier molecular flexibility index (Phi) is 4.78. The van der Waals surface area contributed by atoms with E-state index in [1.54, 1.807) is 26.0 Å². The van der Waals surface area contributed by atoms with Gasteiger partial charge in [-0.15, -0.1) is 0 Å². The van der Waals surface area contributed by atoms with Crippen LogP contribution in [0.5, 0.6) is 11.5 Å². The number of hydrogen-bond donors (Lipinski definition) is 2. The van der Waals surface area contributed by atoms with Gasteiger partial charge in [-0.25, -0.2) is 0 Å². The Balaban J connectivity index is 3.09. The fourth-order valence-electron chi connectivity index (χ4n) is 1.80. The minimum atomic E-state index is -0.866. The van der Waals surface area contributed by atoms with Crippen LogP contribution in [-0.2, 0) is 9.53 Å². The molecule has 0 aliphatic carbocycles. The third-order valence-corrected chi connectivity index (χ3v) is 3.13. The largest absolute Gasteiger partial charge is 0.504 e. The monoisotopic (exact) mass is 267 g/mol. The number of phenols is 1. The number of benzene rings is 1. The zero-order valence-corrected chi connectivity index (χ0v) is 11.8. The van der Waals surface area contributed by atoms with Crippen LogP contribution in [0.15, 0.2) is 18.2 Å². The highest BCUT2D eigenvalue weighted by Crippen LogP contribution is 2.36. The lowest BCUT2D eigenvalue weighted by Crippen LogP contribution is -2.37. The Bertz CT molecular complexity index is 457. The van der Waals surface area contributed by atoms with Crippen LogP contribution < -0.4 is 10.5 Å². The van der Waals surface area contributed by atoms with E-state index < -0.39 is 11.5 Å². The van der Waals surface area contributed by atoms with Gasteiger partial charge in [0.1, 0.15) is 0 Å². The molecule has 1 aromatic carbocycles. The van der Waals surface area contributed by atoms with Crippen molar-refractivity contribution in [3.63, 3.8) is 0 Å². The summed E-state index contributed by atoms with van der Waals surface area (Å²) in [6, 6.07) is 4.27. The van der Waals surface area contributed by atoms with Crippen LogP contribution >= 0.6 is 0 Å². The molecule has 3 N–H and O–H groups in total. The van der Waals surface area contributed by atoms with Crippen molar-refractivity contribution in [1.29, 1.82) is 0 Å². The van der Waals surface area contributed by atoms with Crippen LogP contribution in [0.3, 0.4) is 0 Å². The standard InChI is InChI=1S/C14H21NO4/c1-5-19-11-8-9(6-7-10(11)16)12(15)14(2,3)13(17)18-4/h6-8,12,16H,5,15H2,1-4H3/t12-/m0/s1. The highest BCUT2D eigenvalue weighted by Gasteiger charge is 2.36. The molecule has 0 unspecified atom stereocenters. The van der Waals surface area contributed by atoms with Gasteiger partial charge in [0, 0.05) is 6.04 Å². The molecule has 0 aromatic heterocycles. The average Bonchev–Trinajstić information content (AvgIpc) is 2.39. The molecule has 0 fully saturated rings. The molecular weight excluding hydrogens is 246 g/mol. The quantitative estimate of drug-likeness (QED) is 0.797. The summed E-state index contributed by atoms with van der Waals surface area (Å²) in [5.41, 5.74) is 5.97. The van der Waals surface area contributed by atoms with E-state index in [1.807, 2.05) is 6.92 Å². The van der Waals surface area contributed by atoms with Crippen molar-refractivity contribution < 1.29 is 19.4 Å². The van der Waals surface area contributed by atoms with Crippen LogP contribution in [-0.4, -0.2) is 24.8 Å². The summed E-state index contributed by atoms with van der Waals surface area (Å²) < 4.78 is 10.1. The van der Waals surface area contributed by atoms with Gasteiger partial charge in [0.15, 0.2) is 11.5 Å². The van der Waals surface area contributed by atoms with Gasteiger partial charge in [-0.2, -0.15) is 0 Å². The number of hydrogen-bond acceptors (Lipinski definition) is 5. The van der Waals surface area contributed by atoms with Gasteiger partial charge in [-0.1, -0.05) is 6.07 Å². The molecule has 1 aromatic rings. The molecule has 0 bridgehead atoms. The highest BCUT2D eigenvalue weighted by molar-refractivity contribution is 5.77. The van der Waals surface area contributed by atoms with Crippen LogP contribution in [0, 0.1) is 5.41 Å². The molecule has 1 rings (SSSR count). The van der Waals surface area contributed by atoms with Gasteiger partial charge >= 0.3 is 5.97 Å². The van der Waals surface area contributed by atoms with Gasteiger partial charge in [-0.3, -0.25) is 4.79 Å². The summed E-state index contributed by atoms with van der Waals surface area (Å²) in [5, 5.41) is 9.65. The normalized spacial score (nSPS) is 12.9. The maximum Gasteiger partial charge on any atom is 0.313 e. The summed E-state index contributed by atoms with van der Waals surface area (Å²) in [4.78, 5) is 11.7. The number of phenolic OH excluding ortho intramolecular Hbond substituents is 1. The number of esters is 1. The predicted octanol–water partition coefficient (Wildman–Crippen LogP) is 1.99. The summed E-state index contributed by atoms with van der Waals surface area (Å²) in [6.45, 7) is 5.70. The van der Waals surface area contributed by atoms with Crippen molar-refractivity contribution in [2.45, 2.75) is 26.8 Å². The van der Waals surface area contributed by atoms with Crippen LogP contribution in [0.2, 0.25) is 0 Å². The zero-order chi connectivity index (χ0) is 14.6. The van der Waals surface area contributed by atoms with Crippen molar-refractivity contribution in [2.24, 2.45) is 11.1 Å². The summed E-state index contributed by atoms with van der Waals surface area (Å²) in [7, 11) is 1.33. The number of aromatic hydroxyl groups is 1. The molecule has 5 heteroatoms. The van der Waals surface area contributed by atoms with Gasteiger partial charge in [0.05, 0.1) is 19.1 Å². The smallest absolute Gasteiger partial charge is 0.313 e. The first-order valence-electron chi connectivity index (χ1n) is 6.14. The number of rotatable bonds is 5. The molecule has 0 aliphatic heterocycles. The Morgan fingerprint density at radius 3 is 2.63 bits per heavy atom. The van der Waals surface area contributed by atoms with Crippen molar-refractivity contribution in [1.82, 2.24) is 0 Å². The molecular formula is C14H21NO4. The third kappa shape index (κ3) is 3.17. The number of carbonyl (C=O) groups is 1. The lowest BCUT2D eigenvalue weighted by atomic mass is 9.81. The molecule has 19 heavy (non-hydrogen) atoms. The van der Waals surface area contributed by atoms with E-state index in [0.29, 0.717) is 17.9 Å². The van der Waals surface area contributed by atoms with Crippen molar-refractivity contribution >= 4 is 5.97 Å². The SMILES string of the molecule is CCOc1cc([C@H](N)C(C)(C)C(=O)OC)ccc1O. The maximum absolute atomic E-state index is 11.7. The van der Waals surface area contributed by atoms with Gasteiger partial charge in [0.2, 0.25) is 0 Å². The molecule has 0 aliphatic rings. The maximum atomic E-state index is 11.7. The molecule has 0 heterocycles. The second kappa shape index (κ2) is 5.93. The topological polar surface area (TPSA) is 81.8 Å². The minimum Gasteiger partial charge on any atom is -0.504 e. The zero-order valence-electron chi connectivity index (χ0n) is 11.8. The predicted molar refractivity (Wildman–Crippen MR) is 72.0 cm³/mol. The Morgan fingerprint density at radius 1 is 1.47 bits per heavy atom. The second-order valence-corrected chi connectivity index (χ2v) is 4.85. The first kappa shape index (κ1) is 15.3. The molecule has 0 radical (unpaired) electrons. The lowest BCUT2D eigenvalue weighted by molar-refractivity contribution is -0.152. The van der Waals surface area contributed by atoms with E-state index in [2.05, 4.69) is 0 Å². The van der Waals surface area contributed by atoms with E-state index in [9.17, 15) is 9.90 Å². The van der Waals surface area contributed by atoms with Crippen LogP contribution in [0.25, 0.3) is 0 Å². The van der Waals surface area contributed by atoms with E-state index in [-0.39, 0.29) is 11.7 Å². The van der Waals surface area contributed by atoms with Crippen molar-refractivity contribution in [2.75, 3.05) is 13.7 Å². The summed E-state index contributed by atoms with van der Waals surface area (Å²) in [6.07, 6.45) is 0. The molecule has 0 amide bonds. The Hall–Kier alpha value is -1.75. The second-order valence-electron chi connectivity index (χ2n) is 4.85. The average molecular weight is 267 g/mol. The molecule has 1 atom stereocenters. The van der Waals surface area contributed by atoms with Gasteiger partial charge < -0.3 is 20.3 Å². The Labute approximate surface area is 113 Å². The van der Waals surface area contributed by atoms with Crippen molar-refractivity contribution in [3.05, 3.63) is 23.8 Å². The van der Waals surface area contributed by atoms with Crippen LogP contribution in [0.1, 0.15) is 32.4 Å². The van der Waals surface area contributed by atoms with Crippen molar-refractivity contribution in [3.8, 4) is 11.5 Å². The first-order chi connectivity index (χ1) is 8.84. The fourth-order valence-corrected chi connectivity index (χ4v) is 1.80. The fraction of sp³-hybridized carbons (Fsp3) is 0.500. The van der Waals surface area contributed by atoms with Gasteiger partial charge in [0.25, 0.3) is 0 Å². The number of ether oxygens (including phenoxy) is 2. The Morgan fingerprint density at radius 2 is 2.11 bits per heavy atom. The lowest BCUT2D eigenvalue weighted by Gasteiger charge is -2.29. The van der Waals surface area contributed by atoms with E-state index >= 15 is 0 Å². The summed E-state index contributed by atoms with van der Waals surface area (Å²) in [5.74, 6) is 0.0239. The number of methoxy groups -OCH3 is 1. The first-order valence-corrected chi connectivity index (χ1v) is 6.14. The molecule has 5 nitrogen and oxygen atoms in total. The highest BCUT2D eigenvalue weighted by atomic mass is 16.5. The number of carbonyl (C=O) groups excluding carboxylic acids is 1. The number of nitrogens with two attached hydrogens (primary N) is 1. The molecule has 0 saturated carbocycles. The third-order valence-electron chi connectivity index (χ3n) is 3.13. The van der Waals surface area contributed by atoms with Crippen LogP contribution in [0.4, 0.5) is 0 Å². The van der Waals surface area contributed by atoms with E-state index in [1.165, 1.54) is 13.2 Å². The summed E-state index contributed by atoms with van der Waals surface area (Å²) >= 11 is 0.